The molecule has 0 aromatic rings. The van der Waals surface area contributed by atoms with Gasteiger partial charge >= 0.3 is 17.9 Å². The second kappa shape index (κ2) is 45.3. The molecule has 0 bridgehead atoms. The maximum Gasteiger partial charge on any atom is 0.306 e. The van der Waals surface area contributed by atoms with Crippen LogP contribution in [0, 0.1) is 0 Å². The highest BCUT2D eigenvalue weighted by Crippen LogP contribution is 2.12. The fourth-order valence-electron chi connectivity index (χ4n) is 5.91. The van der Waals surface area contributed by atoms with Gasteiger partial charge in [0.1, 0.15) is 13.2 Å². The first-order valence-corrected chi connectivity index (χ1v) is 23.1. The Morgan fingerprint density at radius 1 is 0.368 bits per heavy atom. The molecule has 0 radical (unpaired) electrons. The van der Waals surface area contributed by atoms with Crippen LogP contribution >= 0.6 is 0 Å². The maximum atomic E-state index is 12.7. The van der Waals surface area contributed by atoms with Gasteiger partial charge in [-0.2, -0.15) is 0 Å². The van der Waals surface area contributed by atoms with E-state index < -0.39 is 6.10 Å². The zero-order valence-electron chi connectivity index (χ0n) is 36.8. The molecule has 0 fully saturated rings. The third kappa shape index (κ3) is 43.6. The van der Waals surface area contributed by atoms with Crippen LogP contribution in [0.1, 0.15) is 201 Å². The quantitative estimate of drug-likeness (QED) is 0.0266. The molecule has 0 aromatic heterocycles. The highest BCUT2D eigenvalue weighted by Gasteiger charge is 2.19. The summed E-state index contributed by atoms with van der Waals surface area (Å²) in [5, 5.41) is 0. The second-order valence-electron chi connectivity index (χ2n) is 14.9. The normalized spacial score (nSPS) is 12.8. The zero-order valence-corrected chi connectivity index (χ0v) is 36.8. The zero-order chi connectivity index (χ0) is 41.5. The van der Waals surface area contributed by atoms with Gasteiger partial charge in [-0.05, 0) is 96.3 Å². The van der Waals surface area contributed by atoms with E-state index in [9.17, 15) is 14.4 Å². The molecule has 0 amide bonds. The van der Waals surface area contributed by atoms with Gasteiger partial charge in [-0.3, -0.25) is 14.4 Å². The van der Waals surface area contributed by atoms with Crippen molar-refractivity contribution in [2.75, 3.05) is 13.2 Å². The van der Waals surface area contributed by atoms with E-state index in [0.717, 1.165) is 109 Å². The second-order valence-corrected chi connectivity index (χ2v) is 14.9. The van der Waals surface area contributed by atoms with Gasteiger partial charge in [0.2, 0.25) is 0 Å². The Balaban J connectivity index is 4.31. The van der Waals surface area contributed by atoms with E-state index in [4.69, 9.17) is 14.2 Å². The summed E-state index contributed by atoms with van der Waals surface area (Å²) in [7, 11) is 0. The lowest BCUT2D eigenvalue weighted by molar-refractivity contribution is -0.167. The van der Waals surface area contributed by atoms with E-state index in [1.54, 1.807) is 0 Å². The van der Waals surface area contributed by atoms with Gasteiger partial charge in [-0.25, -0.2) is 0 Å². The van der Waals surface area contributed by atoms with E-state index in [2.05, 4.69) is 106 Å². The SMILES string of the molecule is CC/C=C\C/C=C\C/C=C\C/C=C\CCCCC(=O)OC(COC(=O)CCCCCCC)COC(=O)CCCCCCCC/C=C\C/C=C\C/C=C\CCCCC. The van der Waals surface area contributed by atoms with Crippen molar-refractivity contribution in [2.24, 2.45) is 0 Å². The smallest absolute Gasteiger partial charge is 0.306 e. The minimum Gasteiger partial charge on any atom is -0.462 e. The van der Waals surface area contributed by atoms with Crippen LogP contribution in [0.4, 0.5) is 0 Å². The summed E-state index contributed by atoms with van der Waals surface area (Å²) in [4.78, 5) is 37.5. The predicted molar refractivity (Wildman–Crippen MR) is 242 cm³/mol. The third-order valence-electron chi connectivity index (χ3n) is 9.38. The summed E-state index contributed by atoms with van der Waals surface area (Å²) in [6, 6.07) is 0. The predicted octanol–water partition coefficient (Wildman–Crippen LogP) is 14.9. The highest BCUT2D eigenvalue weighted by atomic mass is 16.6. The standard InChI is InChI=1S/C51H84O6/c1-4-7-10-13-15-17-19-21-23-24-25-26-28-29-31-33-35-38-41-44-50(53)56-47-48(46-55-49(52)43-40-37-12-9-6-3)57-51(54)45-42-39-36-34-32-30-27-22-20-18-16-14-11-8-5-2/h8,11,15-18,21-23,25-27,32,34,48H,4-7,9-10,12-14,19-20,24,28-31,33,35-47H2,1-3H3/b11-8-,17-15-,18-16-,23-21-,26-25-,27-22-,34-32-. The molecule has 0 aliphatic heterocycles. The minimum absolute atomic E-state index is 0.0997. The Bertz CT molecular complexity index is 1140. The number of rotatable bonds is 40. The molecule has 1 unspecified atom stereocenters. The Morgan fingerprint density at radius 3 is 1.14 bits per heavy atom. The van der Waals surface area contributed by atoms with E-state index in [1.165, 1.54) is 44.9 Å². The lowest BCUT2D eigenvalue weighted by Gasteiger charge is -2.18. The van der Waals surface area contributed by atoms with E-state index in [0.29, 0.717) is 19.3 Å². The Kier molecular flexibility index (Phi) is 42.6. The third-order valence-corrected chi connectivity index (χ3v) is 9.38. The van der Waals surface area contributed by atoms with E-state index >= 15 is 0 Å². The average molecular weight is 793 g/mol. The van der Waals surface area contributed by atoms with Gasteiger partial charge in [0.25, 0.3) is 0 Å². The molecular weight excluding hydrogens is 709 g/mol. The van der Waals surface area contributed by atoms with Crippen LogP contribution in [-0.4, -0.2) is 37.2 Å². The largest absolute Gasteiger partial charge is 0.462 e. The monoisotopic (exact) mass is 793 g/mol. The molecule has 0 aliphatic rings. The van der Waals surface area contributed by atoms with Crippen molar-refractivity contribution in [1.82, 2.24) is 0 Å². The topological polar surface area (TPSA) is 78.9 Å². The molecule has 0 aliphatic carbocycles. The summed E-state index contributed by atoms with van der Waals surface area (Å²) in [5.74, 6) is -0.976. The molecule has 0 spiro atoms. The van der Waals surface area contributed by atoms with Crippen molar-refractivity contribution in [2.45, 2.75) is 207 Å². The van der Waals surface area contributed by atoms with Gasteiger partial charge in [0.05, 0.1) is 0 Å². The molecule has 0 rings (SSSR count). The number of carbonyl (C=O) groups excluding carboxylic acids is 3. The molecule has 324 valence electrons. The summed E-state index contributed by atoms with van der Waals surface area (Å²) in [6.45, 7) is 6.34. The van der Waals surface area contributed by atoms with Gasteiger partial charge in [-0.15, -0.1) is 0 Å². The molecule has 6 nitrogen and oxygen atoms in total. The lowest BCUT2D eigenvalue weighted by atomic mass is 10.1. The number of ether oxygens (including phenoxy) is 3. The first kappa shape index (κ1) is 53.6. The molecule has 0 saturated carbocycles. The van der Waals surface area contributed by atoms with Crippen LogP contribution in [0.25, 0.3) is 0 Å². The number of allylic oxidation sites excluding steroid dienone is 14. The van der Waals surface area contributed by atoms with Crippen LogP contribution < -0.4 is 0 Å². The molecule has 0 N–H and O–H groups in total. The van der Waals surface area contributed by atoms with Gasteiger partial charge in [0.15, 0.2) is 6.10 Å². The van der Waals surface area contributed by atoms with Crippen molar-refractivity contribution in [3.05, 3.63) is 85.1 Å². The van der Waals surface area contributed by atoms with Crippen molar-refractivity contribution in [3.63, 3.8) is 0 Å². The van der Waals surface area contributed by atoms with Gasteiger partial charge < -0.3 is 14.2 Å². The number of unbranched alkanes of at least 4 members (excludes halogenated alkanes) is 15. The van der Waals surface area contributed by atoms with Gasteiger partial charge in [0, 0.05) is 19.3 Å². The summed E-state index contributed by atoms with van der Waals surface area (Å²) in [6.07, 6.45) is 57.4. The van der Waals surface area contributed by atoms with Crippen molar-refractivity contribution < 1.29 is 28.6 Å². The van der Waals surface area contributed by atoms with Crippen LogP contribution in [0.3, 0.4) is 0 Å². The Morgan fingerprint density at radius 2 is 0.684 bits per heavy atom. The molecule has 0 aromatic carbocycles. The summed E-state index contributed by atoms with van der Waals surface area (Å²) >= 11 is 0. The summed E-state index contributed by atoms with van der Waals surface area (Å²) in [5.41, 5.74) is 0. The fraction of sp³-hybridized carbons (Fsp3) is 0.667. The lowest BCUT2D eigenvalue weighted by Crippen LogP contribution is -2.30. The number of carbonyl (C=O) groups is 3. The van der Waals surface area contributed by atoms with Crippen molar-refractivity contribution in [3.8, 4) is 0 Å². The Labute approximate surface area is 350 Å². The van der Waals surface area contributed by atoms with E-state index in [-0.39, 0.29) is 37.5 Å². The maximum absolute atomic E-state index is 12.7. The molecule has 1 atom stereocenters. The number of hydrogen-bond donors (Lipinski definition) is 0. The number of esters is 3. The summed E-state index contributed by atoms with van der Waals surface area (Å²) < 4.78 is 16.6. The van der Waals surface area contributed by atoms with Crippen LogP contribution in [0.5, 0.6) is 0 Å². The molecule has 57 heavy (non-hydrogen) atoms. The first-order valence-electron chi connectivity index (χ1n) is 23.1. The first-order chi connectivity index (χ1) is 28.0. The van der Waals surface area contributed by atoms with Crippen LogP contribution in [-0.2, 0) is 28.6 Å². The average Bonchev–Trinajstić information content (AvgIpc) is 3.21. The molecule has 0 heterocycles. The van der Waals surface area contributed by atoms with E-state index in [1.807, 2.05) is 0 Å². The van der Waals surface area contributed by atoms with Crippen LogP contribution in [0.15, 0.2) is 85.1 Å². The minimum atomic E-state index is -0.799. The van der Waals surface area contributed by atoms with Crippen molar-refractivity contribution in [1.29, 1.82) is 0 Å². The Hall–Kier alpha value is -3.41. The molecule has 6 heteroatoms. The molecular formula is C51H84O6. The fourth-order valence-corrected chi connectivity index (χ4v) is 5.91. The highest BCUT2D eigenvalue weighted by molar-refractivity contribution is 5.71. The number of hydrogen-bond acceptors (Lipinski definition) is 6. The van der Waals surface area contributed by atoms with Crippen LogP contribution in [0.2, 0.25) is 0 Å². The van der Waals surface area contributed by atoms with Gasteiger partial charge in [-0.1, -0.05) is 170 Å². The molecule has 0 saturated heterocycles. The van der Waals surface area contributed by atoms with Crippen molar-refractivity contribution >= 4 is 17.9 Å².